The molecule has 96 valence electrons. The molecule has 5 heteroatoms. The highest BCUT2D eigenvalue weighted by molar-refractivity contribution is 7.92. The van der Waals surface area contributed by atoms with Gasteiger partial charge in [0.15, 0.2) is 9.84 Å². The summed E-state index contributed by atoms with van der Waals surface area (Å²) in [5.41, 5.74) is -0.369. The smallest absolute Gasteiger partial charge is 0.155 e. The van der Waals surface area contributed by atoms with Crippen LogP contribution >= 0.6 is 0 Å². The lowest BCUT2D eigenvalue weighted by Crippen LogP contribution is -2.19. The number of hydrogen-bond donors (Lipinski definition) is 1. The molecule has 1 aromatic carbocycles. The summed E-state index contributed by atoms with van der Waals surface area (Å²) in [6.45, 7) is 1.14. The SMILES string of the molecule is CCS(=O)(=O)[C@@H]1[C@@H](c2ccccc2)[C@]1(C#N)CO. The molecule has 0 saturated heterocycles. The fourth-order valence-electron chi connectivity index (χ4n) is 2.60. The topological polar surface area (TPSA) is 78.2 Å². The highest BCUT2D eigenvalue weighted by Crippen LogP contribution is 2.62. The Morgan fingerprint density at radius 3 is 2.44 bits per heavy atom. The minimum atomic E-state index is -3.34. The van der Waals surface area contributed by atoms with Crippen molar-refractivity contribution in [1.82, 2.24) is 0 Å². The molecule has 4 nitrogen and oxygen atoms in total. The van der Waals surface area contributed by atoms with Crippen LogP contribution in [0.25, 0.3) is 0 Å². The Labute approximate surface area is 107 Å². The van der Waals surface area contributed by atoms with E-state index < -0.39 is 33.0 Å². The van der Waals surface area contributed by atoms with Gasteiger partial charge >= 0.3 is 0 Å². The van der Waals surface area contributed by atoms with Crippen LogP contribution in [0.15, 0.2) is 30.3 Å². The Kier molecular flexibility index (Phi) is 3.18. The van der Waals surface area contributed by atoms with Crippen molar-refractivity contribution in [3.63, 3.8) is 0 Å². The third-order valence-corrected chi connectivity index (χ3v) is 5.95. The molecule has 1 N–H and O–H groups in total. The number of hydrogen-bond acceptors (Lipinski definition) is 4. The van der Waals surface area contributed by atoms with Crippen LogP contribution in [0.4, 0.5) is 0 Å². The first-order chi connectivity index (χ1) is 8.53. The van der Waals surface area contributed by atoms with Crippen molar-refractivity contribution in [2.24, 2.45) is 5.41 Å². The van der Waals surface area contributed by atoms with Crippen molar-refractivity contribution in [1.29, 1.82) is 5.26 Å². The second-order valence-electron chi connectivity index (χ2n) is 4.57. The summed E-state index contributed by atoms with van der Waals surface area (Å²) < 4.78 is 24.0. The van der Waals surface area contributed by atoms with Crippen LogP contribution in [0, 0.1) is 16.7 Å². The summed E-state index contributed by atoms with van der Waals surface area (Å²) in [6, 6.07) is 11.1. The van der Waals surface area contributed by atoms with E-state index in [4.69, 9.17) is 0 Å². The van der Waals surface area contributed by atoms with Gasteiger partial charge < -0.3 is 5.11 Å². The van der Waals surface area contributed by atoms with Crippen molar-refractivity contribution in [2.75, 3.05) is 12.4 Å². The molecule has 1 aliphatic rings. The zero-order valence-corrected chi connectivity index (χ0v) is 10.9. The number of rotatable bonds is 4. The van der Waals surface area contributed by atoms with E-state index in [1.807, 2.05) is 24.3 Å². The van der Waals surface area contributed by atoms with Gasteiger partial charge in [-0.25, -0.2) is 8.42 Å². The summed E-state index contributed by atoms with van der Waals surface area (Å²) in [7, 11) is -3.34. The molecule has 1 aliphatic carbocycles. The highest BCUT2D eigenvalue weighted by Gasteiger charge is 2.71. The Morgan fingerprint density at radius 1 is 1.39 bits per heavy atom. The standard InChI is InChI=1S/C13H15NO3S/c1-2-18(16,17)12-11(13(12,8-14)9-15)10-6-4-3-5-7-10/h3-7,11-12,15H,2,9H2,1H3/t11-,12-,13+/m1/s1. The number of nitriles is 1. The first-order valence-corrected chi connectivity index (χ1v) is 7.53. The van der Waals surface area contributed by atoms with E-state index in [0.717, 1.165) is 5.56 Å². The minimum absolute atomic E-state index is 0.00949. The average molecular weight is 265 g/mol. The summed E-state index contributed by atoms with van der Waals surface area (Å²) in [5.74, 6) is -0.427. The van der Waals surface area contributed by atoms with Crippen LogP contribution in [0.5, 0.6) is 0 Å². The molecule has 2 rings (SSSR count). The maximum Gasteiger partial charge on any atom is 0.155 e. The van der Waals surface area contributed by atoms with Gasteiger partial charge in [-0.3, -0.25) is 0 Å². The van der Waals surface area contributed by atoms with E-state index in [-0.39, 0.29) is 5.75 Å². The van der Waals surface area contributed by atoms with Crippen LogP contribution in [0.3, 0.4) is 0 Å². The van der Waals surface area contributed by atoms with Gasteiger partial charge in [0.25, 0.3) is 0 Å². The van der Waals surface area contributed by atoms with Gasteiger partial charge in [0, 0.05) is 11.7 Å². The number of benzene rings is 1. The maximum atomic E-state index is 12.0. The summed E-state index contributed by atoms with van der Waals surface area (Å²) in [6.07, 6.45) is 0. The van der Waals surface area contributed by atoms with Crippen LogP contribution in [-0.4, -0.2) is 31.1 Å². The molecule has 0 aliphatic heterocycles. The van der Waals surface area contributed by atoms with Crippen molar-refractivity contribution < 1.29 is 13.5 Å². The Morgan fingerprint density at radius 2 is 2.00 bits per heavy atom. The number of aliphatic hydroxyl groups excluding tert-OH is 1. The summed E-state index contributed by atoms with van der Waals surface area (Å²) >= 11 is 0. The third-order valence-electron chi connectivity index (χ3n) is 3.67. The quantitative estimate of drug-likeness (QED) is 0.884. The molecular weight excluding hydrogens is 250 g/mol. The second-order valence-corrected chi connectivity index (χ2v) is 6.98. The zero-order valence-electron chi connectivity index (χ0n) is 10.1. The predicted molar refractivity (Wildman–Crippen MR) is 67.6 cm³/mol. The highest BCUT2D eigenvalue weighted by atomic mass is 32.2. The first kappa shape index (κ1) is 13.1. The zero-order chi connectivity index (χ0) is 13.4. The maximum absolute atomic E-state index is 12.0. The normalized spacial score (nSPS) is 30.7. The molecule has 18 heavy (non-hydrogen) atoms. The molecular formula is C13H15NO3S. The van der Waals surface area contributed by atoms with Crippen molar-refractivity contribution in [3.8, 4) is 6.07 Å². The molecule has 0 bridgehead atoms. The van der Waals surface area contributed by atoms with Crippen molar-refractivity contribution in [2.45, 2.75) is 18.1 Å². The summed E-state index contributed by atoms with van der Waals surface area (Å²) in [4.78, 5) is 0. The van der Waals surface area contributed by atoms with Crippen LogP contribution in [-0.2, 0) is 9.84 Å². The minimum Gasteiger partial charge on any atom is -0.395 e. The molecule has 3 atom stereocenters. The number of sulfone groups is 1. The van der Waals surface area contributed by atoms with Crippen molar-refractivity contribution in [3.05, 3.63) is 35.9 Å². The van der Waals surface area contributed by atoms with Gasteiger partial charge in [0.05, 0.1) is 17.9 Å². The Hall–Kier alpha value is -1.38. The molecule has 0 unspecified atom stereocenters. The van der Waals surface area contributed by atoms with Gasteiger partial charge in [0.1, 0.15) is 5.41 Å². The molecule has 0 heterocycles. The fourth-order valence-corrected chi connectivity index (χ4v) is 4.61. The lowest BCUT2D eigenvalue weighted by atomic mass is 10.0. The van der Waals surface area contributed by atoms with E-state index >= 15 is 0 Å². The number of nitrogens with zero attached hydrogens (tertiary/aromatic N) is 1. The van der Waals surface area contributed by atoms with E-state index in [2.05, 4.69) is 0 Å². The molecule has 1 aromatic rings. The van der Waals surface area contributed by atoms with Crippen molar-refractivity contribution >= 4 is 9.84 Å². The van der Waals surface area contributed by atoms with Crippen LogP contribution in [0.2, 0.25) is 0 Å². The summed E-state index contributed by atoms with van der Waals surface area (Å²) in [5, 5.41) is 17.9. The van der Waals surface area contributed by atoms with Crippen LogP contribution < -0.4 is 0 Å². The molecule has 0 radical (unpaired) electrons. The van der Waals surface area contributed by atoms with Crippen LogP contribution in [0.1, 0.15) is 18.4 Å². The molecule has 1 fully saturated rings. The van der Waals surface area contributed by atoms with E-state index in [1.165, 1.54) is 0 Å². The first-order valence-electron chi connectivity index (χ1n) is 5.82. The Bertz CT molecular complexity index is 576. The fraction of sp³-hybridized carbons (Fsp3) is 0.462. The lowest BCUT2D eigenvalue weighted by molar-refractivity contribution is 0.242. The third kappa shape index (κ3) is 1.73. The van der Waals surface area contributed by atoms with E-state index in [0.29, 0.717) is 0 Å². The van der Waals surface area contributed by atoms with Gasteiger partial charge in [-0.2, -0.15) is 5.26 Å². The van der Waals surface area contributed by atoms with Gasteiger partial charge in [-0.05, 0) is 5.56 Å². The molecule has 0 aromatic heterocycles. The van der Waals surface area contributed by atoms with Gasteiger partial charge in [0.2, 0.25) is 0 Å². The van der Waals surface area contributed by atoms with E-state index in [1.54, 1.807) is 19.1 Å². The molecule has 0 spiro atoms. The average Bonchev–Trinajstić information content (AvgIpc) is 3.10. The second kappa shape index (κ2) is 4.38. The van der Waals surface area contributed by atoms with E-state index in [9.17, 15) is 18.8 Å². The lowest BCUT2D eigenvalue weighted by Gasteiger charge is -2.03. The molecule has 0 amide bonds. The Balaban J connectivity index is 2.46. The number of aliphatic hydroxyl groups is 1. The van der Waals surface area contributed by atoms with Gasteiger partial charge in [-0.1, -0.05) is 37.3 Å². The largest absolute Gasteiger partial charge is 0.395 e. The molecule has 1 saturated carbocycles. The van der Waals surface area contributed by atoms with Gasteiger partial charge in [-0.15, -0.1) is 0 Å². The monoisotopic (exact) mass is 265 g/mol. The predicted octanol–water partition coefficient (Wildman–Crippen LogP) is 1.09.